The molecule has 0 aromatic carbocycles. The molecule has 0 aliphatic carbocycles. The van der Waals surface area contributed by atoms with Crippen LogP contribution in [0.15, 0.2) is 0 Å². The lowest BCUT2D eigenvalue weighted by atomic mass is 10.3. The first kappa shape index (κ1) is 13.4. The average molecular weight is 257 g/mol. The highest BCUT2D eigenvalue weighted by atomic mass is 32.1. The Kier molecular flexibility index (Phi) is 5.34. The number of carbonyl (C=O) groups is 2. The molecule has 1 rings (SSSR count). The number of nitrogens with one attached hydrogen (secondary N) is 2. The summed E-state index contributed by atoms with van der Waals surface area (Å²) in [6, 6.07) is 0. The lowest BCUT2D eigenvalue weighted by Gasteiger charge is -2.00. The van der Waals surface area contributed by atoms with Crippen molar-refractivity contribution in [1.29, 1.82) is 0 Å². The van der Waals surface area contributed by atoms with Gasteiger partial charge in [-0.15, -0.1) is 10.2 Å². The fourth-order valence-electron chi connectivity index (χ4n) is 1.08. The first-order valence-corrected chi connectivity index (χ1v) is 6.09. The van der Waals surface area contributed by atoms with Crippen LogP contribution in [-0.4, -0.2) is 35.1 Å². The molecule has 0 saturated heterocycles. The zero-order chi connectivity index (χ0) is 12.7. The van der Waals surface area contributed by atoms with E-state index >= 15 is 0 Å². The summed E-state index contributed by atoms with van der Waals surface area (Å²) in [4.78, 5) is 22.0. The second-order valence-corrected chi connectivity index (χ2v) is 4.25. The molecule has 4 N–H and O–H groups in total. The number of hydrogen-bond donors (Lipinski definition) is 3. The molecule has 94 valence electrons. The van der Waals surface area contributed by atoms with Crippen molar-refractivity contribution in [3.8, 4) is 0 Å². The van der Waals surface area contributed by atoms with Gasteiger partial charge in [0.15, 0.2) is 0 Å². The number of anilines is 1. The van der Waals surface area contributed by atoms with Gasteiger partial charge in [-0.05, 0) is 13.3 Å². The van der Waals surface area contributed by atoms with Crippen molar-refractivity contribution in [3.63, 3.8) is 0 Å². The van der Waals surface area contributed by atoms with Crippen molar-refractivity contribution in [2.45, 2.75) is 19.8 Å². The van der Waals surface area contributed by atoms with Gasteiger partial charge in [0.1, 0.15) is 0 Å². The maximum Gasteiger partial charge on any atom is 0.282 e. The Morgan fingerprint density at radius 1 is 1.41 bits per heavy atom. The number of primary amides is 1. The SMILES string of the molecule is CCNc1nnc(C(=O)NCCCC(N)=O)s1. The summed E-state index contributed by atoms with van der Waals surface area (Å²) in [5.41, 5.74) is 4.98. The molecule has 0 atom stereocenters. The zero-order valence-electron chi connectivity index (χ0n) is 9.52. The molecule has 0 aliphatic heterocycles. The minimum Gasteiger partial charge on any atom is -0.370 e. The van der Waals surface area contributed by atoms with E-state index in [4.69, 9.17) is 5.73 Å². The number of carbonyl (C=O) groups excluding carboxylic acids is 2. The zero-order valence-corrected chi connectivity index (χ0v) is 10.3. The molecule has 0 saturated carbocycles. The molecule has 1 aromatic rings. The quantitative estimate of drug-likeness (QED) is 0.594. The average Bonchev–Trinajstić information content (AvgIpc) is 2.73. The van der Waals surface area contributed by atoms with Gasteiger partial charge in [0.25, 0.3) is 5.91 Å². The summed E-state index contributed by atoms with van der Waals surface area (Å²) in [6.45, 7) is 3.07. The van der Waals surface area contributed by atoms with Gasteiger partial charge in [-0.3, -0.25) is 9.59 Å². The molecule has 0 unspecified atom stereocenters. The fourth-order valence-corrected chi connectivity index (χ4v) is 1.81. The van der Waals surface area contributed by atoms with Crippen LogP contribution >= 0.6 is 11.3 Å². The molecule has 8 heteroatoms. The van der Waals surface area contributed by atoms with Gasteiger partial charge in [-0.25, -0.2) is 0 Å². The monoisotopic (exact) mass is 257 g/mol. The molecule has 0 fully saturated rings. The molecule has 2 amide bonds. The number of amides is 2. The maximum absolute atomic E-state index is 11.6. The highest BCUT2D eigenvalue weighted by Crippen LogP contribution is 2.14. The molecule has 0 spiro atoms. The molecule has 0 aliphatic rings. The van der Waals surface area contributed by atoms with Gasteiger partial charge < -0.3 is 16.4 Å². The van der Waals surface area contributed by atoms with Crippen LogP contribution < -0.4 is 16.4 Å². The molecule has 7 nitrogen and oxygen atoms in total. The van der Waals surface area contributed by atoms with Gasteiger partial charge in [-0.2, -0.15) is 0 Å². The van der Waals surface area contributed by atoms with Gasteiger partial charge in [0, 0.05) is 19.5 Å². The van der Waals surface area contributed by atoms with Crippen molar-refractivity contribution in [2.75, 3.05) is 18.4 Å². The van der Waals surface area contributed by atoms with Gasteiger partial charge >= 0.3 is 0 Å². The van der Waals surface area contributed by atoms with Crippen molar-refractivity contribution in [2.24, 2.45) is 5.73 Å². The third-order valence-electron chi connectivity index (χ3n) is 1.83. The van der Waals surface area contributed by atoms with E-state index in [1.165, 1.54) is 11.3 Å². The van der Waals surface area contributed by atoms with Crippen LogP contribution in [0.5, 0.6) is 0 Å². The summed E-state index contributed by atoms with van der Waals surface area (Å²) in [5.74, 6) is -0.652. The van der Waals surface area contributed by atoms with E-state index in [9.17, 15) is 9.59 Å². The predicted octanol–water partition coefficient (Wildman–Crippen LogP) is -0.0348. The molecular weight excluding hydrogens is 242 g/mol. The second kappa shape index (κ2) is 6.79. The van der Waals surface area contributed by atoms with E-state index in [0.717, 1.165) is 6.54 Å². The van der Waals surface area contributed by atoms with E-state index in [-0.39, 0.29) is 18.2 Å². The molecule has 1 aromatic heterocycles. The van der Waals surface area contributed by atoms with Crippen LogP contribution in [0.25, 0.3) is 0 Å². The lowest BCUT2D eigenvalue weighted by molar-refractivity contribution is -0.118. The van der Waals surface area contributed by atoms with Crippen molar-refractivity contribution in [1.82, 2.24) is 15.5 Å². The molecule has 0 radical (unpaired) electrons. The van der Waals surface area contributed by atoms with Crippen LogP contribution in [-0.2, 0) is 4.79 Å². The number of aromatic nitrogens is 2. The molecular formula is C9H15N5O2S. The number of nitrogens with two attached hydrogens (primary N) is 1. The van der Waals surface area contributed by atoms with Crippen LogP contribution in [0.2, 0.25) is 0 Å². The van der Waals surface area contributed by atoms with E-state index in [2.05, 4.69) is 20.8 Å². The van der Waals surface area contributed by atoms with E-state index in [1.54, 1.807) is 0 Å². The summed E-state index contributed by atoms with van der Waals surface area (Å²) in [7, 11) is 0. The van der Waals surface area contributed by atoms with Crippen molar-refractivity contribution < 1.29 is 9.59 Å². The first-order valence-electron chi connectivity index (χ1n) is 5.27. The lowest BCUT2D eigenvalue weighted by Crippen LogP contribution is -2.25. The van der Waals surface area contributed by atoms with Gasteiger partial charge in [0.05, 0.1) is 0 Å². The highest BCUT2D eigenvalue weighted by Gasteiger charge is 2.11. The van der Waals surface area contributed by atoms with E-state index < -0.39 is 0 Å². The topological polar surface area (TPSA) is 110 Å². The third kappa shape index (κ3) is 4.77. The number of hydrogen-bond acceptors (Lipinski definition) is 6. The van der Waals surface area contributed by atoms with E-state index in [1.807, 2.05) is 6.92 Å². The normalized spacial score (nSPS) is 9.94. The number of nitrogens with zero attached hydrogens (tertiary/aromatic N) is 2. The summed E-state index contributed by atoms with van der Waals surface area (Å²) < 4.78 is 0. The highest BCUT2D eigenvalue weighted by molar-refractivity contribution is 7.17. The standard InChI is InChI=1S/C9H15N5O2S/c1-2-11-9-14-13-8(17-9)7(16)12-5-3-4-6(10)15/h2-5H2,1H3,(H2,10,15)(H,11,14)(H,12,16). The summed E-state index contributed by atoms with van der Waals surface area (Å²) >= 11 is 1.19. The predicted molar refractivity (Wildman–Crippen MR) is 64.8 cm³/mol. The molecule has 0 bridgehead atoms. The fraction of sp³-hybridized carbons (Fsp3) is 0.556. The minimum atomic E-state index is -0.371. The van der Waals surface area contributed by atoms with Crippen LogP contribution in [0.3, 0.4) is 0 Å². The van der Waals surface area contributed by atoms with E-state index in [0.29, 0.717) is 23.1 Å². The molecule has 1 heterocycles. The molecule has 17 heavy (non-hydrogen) atoms. The van der Waals surface area contributed by atoms with Crippen LogP contribution in [0, 0.1) is 0 Å². The maximum atomic E-state index is 11.6. The minimum absolute atomic E-state index is 0.263. The van der Waals surface area contributed by atoms with Crippen molar-refractivity contribution in [3.05, 3.63) is 5.01 Å². The Labute approximate surface area is 103 Å². The van der Waals surface area contributed by atoms with Gasteiger partial charge in [0.2, 0.25) is 16.0 Å². The largest absolute Gasteiger partial charge is 0.370 e. The Hall–Kier alpha value is -1.70. The Balaban J connectivity index is 2.33. The Bertz CT molecular complexity index is 392. The van der Waals surface area contributed by atoms with Gasteiger partial charge in [-0.1, -0.05) is 11.3 Å². The third-order valence-corrected chi connectivity index (χ3v) is 2.71. The summed E-state index contributed by atoms with van der Waals surface area (Å²) in [5, 5.41) is 14.1. The van der Waals surface area contributed by atoms with Crippen molar-refractivity contribution >= 4 is 28.3 Å². The Morgan fingerprint density at radius 2 is 2.18 bits per heavy atom. The first-order chi connectivity index (χ1) is 8.13. The van der Waals surface area contributed by atoms with Crippen LogP contribution in [0.1, 0.15) is 29.6 Å². The Morgan fingerprint density at radius 3 is 2.82 bits per heavy atom. The van der Waals surface area contributed by atoms with Crippen LogP contribution in [0.4, 0.5) is 5.13 Å². The smallest absolute Gasteiger partial charge is 0.282 e. The second-order valence-electron chi connectivity index (χ2n) is 3.27. The number of rotatable bonds is 7. The summed E-state index contributed by atoms with van der Waals surface area (Å²) in [6.07, 6.45) is 0.791.